The highest BCUT2D eigenvalue weighted by molar-refractivity contribution is 5.98. The predicted molar refractivity (Wildman–Crippen MR) is 138 cm³/mol. The lowest BCUT2D eigenvalue weighted by Crippen LogP contribution is -2.29. The second-order valence-electron chi connectivity index (χ2n) is 9.85. The van der Waals surface area contributed by atoms with Gasteiger partial charge in [-0.05, 0) is 62.9 Å². The maximum absolute atomic E-state index is 13.0. The van der Waals surface area contributed by atoms with E-state index < -0.39 is 0 Å². The van der Waals surface area contributed by atoms with Crippen molar-refractivity contribution in [2.45, 2.75) is 51.9 Å². The van der Waals surface area contributed by atoms with Crippen molar-refractivity contribution < 1.29 is 4.74 Å². The van der Waals surface area contributed by atoms with Gasteiger partial charge in [0.15, 0.2) is 5.75 Å². The molecule has 1 aromatic carbocycles. The first-order valence-corrected chi connectivity index (χ1v) is 12.4. The zero-order valence-electron chi connectivity index (χ0n) is 20.8. The Kier molecular flexibility index (Phi) is 6.12. The molecule has 3 N–H and O–H groups in total. The van der Waals surface area contributed by atoms with E-state index >= 15 is 0 Å². The third-order valence-corrected chi connectivity index (χ3v) is 7.07. The number of fused-ring (bicyclic) bond motifs is 2. The summed E-state index contributed by atoms with van der Waals surface area (Å²) in [6.45, 7) is 8.87. The van der Waals surface area contributed by atoms with Crippen molar-refractivity contribution in [3.8, 4) is 23.2 Å². The van der Waals surface area contributed by atoms with Crippen LogP contribution in [-0.2, 0) is 0 Å². The number of hydrogen-bond donors (Lipinski definition) is 3. The smallest absolute Gasteiger partial charge is 0.261 e. The standard InChI is InChI=1S/C27H32N6O2/c1-5-12-35-25-17(16-8-10-33(4)11-9-16)6-7-20-24(25)32-26(30-20)21-23-19(14-29-27(21)34)18(13-28)22(31-23)15(2)3/h6-7,14-16,31H,5,8-12H2,1-4H3,(H,29,34)(H,30,32). The van der Waals surface area contributed by atoms with Gasteiger partial charge in [-0.3, -0.25) is 4.79 Å². The number of piperidine rings is 1. The number of hydrogen-bond acceptors (Lipinski definition) is 5. The van der Waals surface area contributed by atoms with E-state index in [0.717, 1.165) is 54.8 Å². The molecule has 8 nitrogen and oxygen atoms in total. The topological polar surface area (TPSA) is 114 Å². The minimum Gasteiger partial charge on any atom is -0.491 e. The van der Waals surface area contributed by atoms with Crippen LogP contribution in [0.25, 0.3) is 33.3 Å². The van der Waals surface area contributed by atoms with E-state index in [2.05, 4.69) is 46.0 Å². The molecule has 1 saturated heterocycles. The molecule has 182 valence electrons. The highest BCUT2D eigenvalue weighted by atomic mass is 16.5. The van der Waals surface area contributed by atoms with E-state index in [-0.39, 0.29) is 11.5 Å². The Morgan fingerprint density at radius 1 is 1.26 bits per heavy atom. The van der Waals surface area contributed by atoms with Crippen molar-refractivity contribution >= 4 is 21.9 Å². The second kappa shape index (κ2) is 9.23. The molecule has 1 aliphatic rings. The molecule has 8 heteroatoms. The molecule has 0 aliphatic carbocycles. The van der Waals surface area contributed by atoms with Gasteiger partial charge in [0.05, 0.1) is 23.2 Å². The molecule has 0 bridgehead atoms. The molecule has 3 aromatic heterocycles. The van der Waals surface area contributed by atoms with Crippen LogP contribution in [-0.4, -0.2) is 51.6 Å². The molecule has 0 unspecified atom stereocenters. The Balaban J connectivity index is 1.69. The lowest BCUT2D eigenvalue weighted by atomic mass is 9.88. The van der Waals surface area contributed by atoms with Gasteiger partial charge in [-0.2, -0.15) is 5.26 Å². The number of pyridine rings is 1. The summed E-state index contributed by atoms with van der Waals surface area (Å²) in [5.74, 6) is 1.82. The van der Waals surface area contributed by atoms with Gasteiger partial charge in [-0.25, -0.2) is 4.98 Å². The van der Waals surface area contributed by atoms with Crippen LogP contribution in [0.5, 0.6) is 5.75 Å². The number of H-pyrrole nitrogens is 3. The van der Waals surface area contributed by atoms with Crippen LogP contribution >= 0.6 is 0 Å². The number of aromatic amines is 3. The molecule has 0 radical (unpaired) electrons. The van der Waals surface area contributed by atoms with Crippen LogP contribution in [0.1, 0.15) is 68.7 Å². The average Bonchev–Trinajstić information content (AvgIpc) is 3.44. The van der Waals surface area contributed by atoms with Gasteiger partial charge in [0.1, 0.15) is 23.0 Å². The molecule has 5 rings (SSSR count). The van der Waals surface area contributed by atoms with Crippen LogP contribution in [0.15, 0.2) is 23.1 Å². The van der Waals surface area contributed by atoms with E-state index in [1.165, 1.54) is 5.56 Å². The third kappa shape index (κ3) is 4.00. The Labute approximate surface area is 204 Å². The number of likely N-dealkylation sites (tertiary alicyclic amines) is 1. The lowest BCUT2D eigenvalue weighted by Gasteiger charge is -2.30. The molecule has 4 aromatic rings. The molecule has 0 atom stereocenters. The number of benzene rings is 1. The zero-order valence-corrected chi connectivity index (χ0v) is 20.8. The van der Waals surface area contributed by atoms with Crippen molar-refractivity contribution in [3.05, 3.63) is 45.5 Å². The monoisotopic (exact) mass is 472 g/mol. The first kappa shape index (κ1) is 23.2. The zero-order chi connectivity index (χ0) is 24.7. The van der Waals surface area contributed by atoms with E-state index in [1.807, 2.05) is 19.9 Å². The number of nitrogens with one attached hydrogen (secondary N) is 3. The Hall–Kier alpha value is -3.57. The molecule has 4 heterocycles. The van der Waals surface area contributed by atoms with E-state index in [1.54, 1.807) is 6.20 Å². The SMILES string of the molecule is CCCOc1c(C2CCN(C)CC2)ccc2[nH]c(-c3c(=O)[nH]cc4c(C#N)c(C(C)C)[nH]c34)nc12. The number of nitriles is 1. The summed E-state index contributed by atoms with van der Waals surface area (Å²) in [5.41, 5.74) is 4.91. The second-order valence-corrected chi connectivity index (χ2v) is 9.85. The fourth-order valence-electron chi connectivity index (χ4n) is 5.16. The van der Waals surface area contributed by atoms with Crippen LogP contribution in [0, 0.1) is 11.3 Å². The van der Waals surface area contributed by atoms with Crippen LogP contribution in [0.4, 0.5) is 0 Å². The van der Waals surface area contributed by atoms with E-state index in [9.17, 15) is 10.1 Å². The van der Waals surface area contributed by atoms with Crippen LogP contribution in [0.3, 0.4) is 0 Å². The number of imidazole rings is 1. The number of aromatic nitrogens is 4. The molecule has 1 fully saturated rings. The van der Waals surface area contributed by atoms with Gasteiger partial charge < -0.3 is 24.6 Å². The maximum atomic E-state index is 13.0. The largest absolute Gasteiger partial charge is 0.491 e. The molecule has 35 heavy (non-hydrogen) atoms. The number of nitrogens with zero attached hydrogens (tertiary/aromatic N) is 3. The highest BCUT2D eigenvalue weighted by Crippen LogP contribution is 2.39. The third-order valence-electron chi connectivity index (χ3n) is 7.07. The molecular formula is C27H32N6O2. The lowest BCUT2D eigenvalue weighted by molar-refractivity contribution is 0.249. The summed E-state index contributed by atoms with van der Waals surface area (Å²) in [6.07, 6.45) is 4.67. The molecule has 0 spiro atoms. The molecular weight excluding hydrogens is 440 g/mol. The van der Waals surface area contributed by atoms with E-state index in [4.69, 9.17) is 9.72 Å². The fourth-order valence-corrected chi connectivity index (χ4v) is 5.16. The maximum Gasteiger partial charge on any atom is 0.261 e. The van der Waals surface area contributed by atoms with Gasteiger partial charge in [0.2, 0.25) is 0 Å². The van der Waals surface area contributed by atoms with Crippen LogP contribution in [0.2, 0.25) is 0 Å². The number of rotatable bonds is 6. The number of ether oxygens (including phenoxy) is 1. The van der Waals surface area contributed by atoms with Gasteiger partial charge in [-0.15, -0.1) is 0 Å². The Bertz CT molecular complexity index is 1480. The van der Waals surface area contributed by atoms with Gasteiger partial charge in [0.25, 0.3) is 5.56 Å². The minimum absolute atomic E-state index is 0.113. The first-order valence-electron chi connectivity index (χ1n) is 12.4. The predicted octanol–water partition coefficient (Wildman–Crippen LogP) is 4.99. The van der Waals surface area contributed by atoms with Gasteiger partial charge in [-0.1, -0.05) is 26.8 Å². The fraction of sp³-hybridized carbons (Fsp3) is 0.444. The summed E-state index contributed by atoms with van der Waals surface area (Å²) in [6, 6.07) is 6.49. The summed E-state index contributed by atoms with van der Waals surface area (Å²) in [5, 5.41) is 10.5. The molecule has 1 aliphatic heterocycles. The van der Waals surface area contributed by atoms with Crippen molar-refractivity contribution in [2.24, 2.45) is 0 Å². The highest BCUT2D eigenvalue weighted by Gasteiger charge is 2.26. The quantitative estimate of drug-likeness (QED) is 0.366. The molecule has 0 amide bonds. The van der Waals surface area contributed by atoms with Crippen molar-refractivity contribution in [1.29, 1.82) is 5.26 Å². The normalized spacial score (nSPS) is 15.3. The summed E-state index contributed by atoms with van der Waals surface area (Å²) < 4.78 is 6.29. The summed E-state index contributed by atoms with van der Waals surface area (Å²) in [7, 11) is 2.16. The minimum atomic E-state index is -0.260. The first-order chi connectivity index (χ1) is 16.9. The Morgan fingerprint density at radius 2 is 2.03 bits per heavy atom. The van der Waals surface area contributed by atoms with Gasteiger partial charge >= 0.3 is 0 Å². The summed E-state index contributed by atoms with van der Waals surface area (Å²) in [4.78, 5) is 29.8. The van der Waals surface area contributed by atoms with Crippen molar-refractivity contribution in [3.63, 3.8) is 0 Å². The van der Waals surface area contributed by atoms with Crippen LogP contribution < -0.4 is 10.3 Å². The summed E-state index contributed by atoms with van der Waals surface area (Å²) >= 11 is 0. The van der Waals surface area contributed by atoms with Crippen molar-refractivity contribution in [2.75, 3.05) is 26.7 Å². The molecule has 0 saturated carbocycles. The Morgan fingerprint density at radius 3 is 2.71 bits per heavy atom. The average molecular weight is 473 g/mol. The van der Waals surface area contributed by atoms with E-state index in [0.29, 0.717) is 40.4 Å². The van der Waals surface area contributed by atoms with Crippen molar-refractivity contribution in [1.82, 2.24) is 24.8 Å². The van der Waals surface area contributed by atoms with Gasteiger partial charge in [0, 0.05) is 17.3 Å².